The summed E-state index contributed by atoms with van der Waals surface area (Å²) in [6.07, 6.45) is 0. The highest BCUT2D eigenvalue weighted by Crippen LogP contribution is 2.22. The number of carbonyl (C=O) groups is 2. The molecule has 0 radical (unpaired) electrons. The van der Waals surface area contributed by atoms with Gasteiger partial charge in [0, 0.05) is 11.0 Å². The van der Waals surface area contributed by atoms with Crippen molar-refractivity contribution in [3.63, 3.8) is 0 Å². The summed E-state index contributed by atoms with van der Waals surface area (Å²) in [6.45, 7) is 3.88. The Hall–Kier alpha value is -1.07. The Morgan fingerprint density at radius 2 is 2.05 bits per heavy atom. The second-order valence-electron chi connectivity index (χ2n) is 4.60. The lowest BCUT2D eigenvalue weighted by molar-refractivity contribution is -0.137. The fourth-order valence-corrected chi connectivity index (χ4v) is 2.21. The van der Waals surface area contributed by atoms with Crippen molar-refractivity contribution in [2.75, 3.05) is 13.1 Å². The van der Waals surface area contributed by atoms with Gasteiger partial charge in [0.15, 0.2) is 0 Å². The number of hydrogen-bond acceptors (Lipinski definition) is 2. The van der Waals surface area contributed by atoms with E-state index in [-0.39, 0.29) is 18.4 Å². The predicted molar refractivity (Wildman–Crippen MR) is 77.5 cm³/mol. The van der Waals surface area contributed by atoms with Gasteiger partial charge in [-0.2, -0.15) is 0 Å². The minimum absolute atomic E-state index is 0.175. The van der Waals surface area contributed by atoms with E-state index in [0.717, 1.165) is 4.47 Å². The molecule has 0 aliphatic carbocycles. The molecule has 104 valence electrons. The molecule has 0 aliphatic rings. The third-order valence-electron chi connectivity index (χ3n) is 2.36. The van der Waals surface area contributed by atoms with Gasteiger partial charge in [-0.05, 0) is 24.1 Å². The maximum absolute atomic E-state index is 12.3. The van der Waals surface area contributed by atoms with Gasteiger partial charge in [0.25, 0.3) is 5.91 Å². The van der Waals surface area contributed by atoms with Crippen LogP contribution in [0.15, 0.2) is 22.7 Å². The number of carboxylic acids is 1. The van der Waals surface area contributed by atoms with E-state index in [1.54, 1.807) is 18.2 Å². The fourth-order valence-electron chi connectivity index (χ4n) is 1.66. The van der Waals surface area contributed by atoms with Crippen LogP contribution < -0.4 is 0 Å². The van der Waals surface area contributed by atoms with Crippen molar-refractivity contribution >= 4 is 39.4 Å². The van der Waals surface area contributed by atoms with Gasteiger partial charge in [0.1, 0.15) is 6.54 Å². The topological polar surface area (TPSA) is 57.6 Å². The molecule has 0 fully saturated rings. The molecule has 19 heavy (non-hydrogen) atoms. The monoisotopic (exact) mass is 347 g/mol. The zero-order valence-corrected chi connectivity index (χ0v) is 13.0. The Morgan fingerprint density at radius 1 is 1.42 bits per heavy atom. The predicted octanol–water partition coefficient (Wildman–Crippen LogP) is 3.29. The second-order valence-corrected chi connectivity index (χ2v) is 5.92. The van der Waals surface area contributed by atoms with Crippen molar-refractivity contribution in [1.82, 2.24) is 4.90 Å². The Labute approximate surface area is 125 Å². The quantitative estimate of drug-likeness (QED) is 0.888. The lowest BCUT2D eigenvalue weighted by atomic mass is 10.1. The highest BCUT2D eigenvalue weighted by molar-refractivity contribution is 9.10. The van der Waals surface area contributed by atoms with Crippen molar-refractivity contribution in [3.8, 4) is 0 Å². The fraction of sp³-hybridized carbons (Fsp3) is 0.385. The lowest BCUT2D eigenvalue weighted by Gasteiger charge is -2.23. The summed E-state index contributed by atoms with van der Waals surface area (Å²) < 4.78 is 0.722. The minimum atomic E-state index is -1.04. The van der Waals surface area contributed by atoms with Crippen molar-refractivity contribution in [2.24, 2.45) is 5.92 Å². The van der Waals surface area contributed by atoms with Gasteiger partial charge in [0.2, 0.25) is 0 Å². The van der Waals surface area contributed by atoms with E-state index in [4.69, 9.17) is 16.7 Å². The molecular formula is C13H15BrClNO3. The van der Waals surface area contributed by atoms with E-state index in [2.05, 4.69) is 15.9 Å². The van der Waals surface area contributed by atoms with Gasteiger partial charge in [-0.1, -0.05) is 41.4 Å². The minimum Gasteiger partial charge on any atom is -0.480 e. The first kappa shape index (κ1) is 16.0. The summed E-state index contributed by atoms with van der Waals surface area (Å²) in [6, 6.07) is 4.93. The summed E-state index contributed by atoms with van der Waals surface area (Å²) in [5.41, 5.74) is 0.304. The third kappa shape index (κ3) is 4.84. The van der Waals surface area contributed by atoms with E-state index in [1.165, 1.54) is 4.90 Å². The number of amides is 1. The van der Waals surface area contributed by atoms with Crippen LogP contribution in [0.1, 0.15) is 24.2 Å². The zero-order valence-electron chi connectivity index (χ0n) is 10.7. The molecule has 1 N–H and O–H groups in total. The molecule has 0 bridgehead atoms. The zero-order chi connectivity index (χ0) is 14.6. The van der Waals surface area contributed by atoms with Crippen LogP contribution >= 0.6 is 27.5 Å². The molecule has 1 aromatic rings. The second kappa shape index (κ2) is 6.91. The standard InChI is InChI=1S/C13H15BrClNO3/c1-8(2)6-16(7-12(17)18)13(19)10-5-9(14)3-4-11(10)15/h3-5,8H,6-7H2,1-2H3,(H,17,18). The number of nitrogens with zero attached hydrogens (tertiary/aromatic N) is 1. The average Bonchev–Trinajstić information content (AvgIpc) is 2.29. The largest absolute Gasteiger partial charge is 0.480 e. The molecule has 1 aromatic carbocycles. The van der Waals surface area contributed by atoms with Crippen LogP contribution in [-0.2, 0) is 4.79 Å². The van der Waals surface area contributed by atoms with Crippen molar-refractivity contribution in [2.45, 2.75) is 13.8 Å². The Bertz CT molecular complexity index is 491. The molecule has 0 atom stereocenters. The van der Waals surface area contributed by atoms with Gasteiger partial charge in [-0.3, -0.25) is 9.59 Å². The molecule has 0 heterocycles. The summed E-state index contributed by atoms with van der Waals surface area (Å²) in [5.74, 6) is -1.24. The van der Waals surface area contributed by atoms with Crippen molar-refractivity contribution in [3.05, 3.63) is 33.3 Å². The first-order chi connectivity index (χ1) is 8.81. The Balaban J connectivity index is 3.03. The number of benzene rings is 1. The van der Waals surface area contributed by atoms with E-state index in [0.29, 0.717) is 17.1 Å². The molecule has 0 aliphatic heterocycles. The molecule has 0 saturated heterocycles. The maximum atomic E-state index is 12.3. The number of hydrogen-bond donors (Lipinski definition) is 1. The SMILES string of the molecule is CC(C)CN(CC(=O)O)C(=O)c1cc(Br)ccc1Cl. The average molecular weight is 349 g/mol. The summed E-state index contributed by atoms with van der Waals surface area (Å²) >= 11 is 9.26. The van der Waals surface area contributed by atoms with Crippen LogP contribution in [0.4, 0.5) is 0 Å². The van der Waals surface area contributed by atoms with Crippen LogP contribution in [0.5, 0.6) is 0 Å². The summed E-state index contributed by atoms with van der Waals surface area (Å²) in [4.78, 5) is 24.5. The van der Waals surface area contributed by atoms with Gasteiger partial charge in [-0.15, -0.1) is 0 Å². The highest BCUT2D eigenvalue weighted by Gasteiger charge is 2.21. The normalized spacial score (nSPS) is 10.6. The number of halogens is 2. The van der Waals surface area contributed by atoms with Crippen LogP contribution in [0.25, 0.3) is 0 Å². The van der Waals surface area contributed by atoms with Crippen LogP contribution in [0.2, 0.25) is 5.02 Å². The molecule has 1 rings (SSSR count). The van der Waals surface area contributed by atoms with Crippen LogP contribution in [0.3, 0.4) is 0 Å². The number of carboxylic acid groups (broad SMARTS) is 1. The molecule has 0 aromatic heterocycles. The highest BCUT2D eigenvalue weighted by atomic mass is 79.9. The molecular weight excluding hydrogens is 334 g/mol. The van der Waals surface area contributed by atoms with Gasteiger partial charge < -0.3 is 10.0 Å². The Kier molecular flexibility index (Phi) is 5.82. The first-order valence-corrected chi connectivity index (χ1v) is 6.94. The lowest BCUT2D eigenvalue weighted by Crippen LogP contribution is -2.38. The first-order valence-electron chi connectivity index (χ1n) is 5.77. The molecule has 1 amide bonds. The van der Waals surface area contributed by atoms with Crippen molar-refractivity contribution < 1.29 is 14.7 Å². The van der Waals surface area contributed by atoms with Crippen LogP contribution in [0, 0.1) is 5.92 Å². The van der Waals surface area contributed by atoms with E-state index >= 15 is 0 Å². The third-order valence-corrected chi connectivity index (χ3v) is 3.18. The van der Waals surface area contributed by atoms with Crippen LogP contribution in [-0.4, -0.2) is 35.0 Å². The molecule has 4 nitrogen and oxygen atoms in total. The van der Waals surface area contributed by atoms with Crippen molar-refractivity contribution in [1.29, 1.82) is 0 Å². The smallest absolute Gasteiger partial charge is 0.323 e. The van der Waals surface area contributed by atoms with Gasteiger partial charge in [-0.25, -0.2) is 0 Å². The van der Waals surface area contributed by atoms with E-state index in [1.807, 2.05) is 13.8 Å². The molecule has 6 heteroatoms. The Morgan fingerprint density at radius 3 is 2.58 bits per heavy atom. The number of carbonyl (C=O) groups excluding carboxylic acids is 1. The van der Waals surface area contributed by atoms with Gasteiger partial charge in [0.05, 0.1) is 10.6 Å². The van der Waals surface area contributed by atoms with Gasteiger partial charge >= 0.3 is 5.97 Å². The molecule has 0 spiro atoms. The molecule has 0 unspecified atom stereocenters. The number of rotatable bonds is 5. The summed E-state index contributed by atoms with van der Waals surface area (Å²) in [7, 11) is 0. The van der Waals surface area contributed by atoms with E-state index in [9.17, 15) is 9.59 Å². The molecule has 0 saturated carbocycles. The maximum Gasteiger partial charge on any atom is 0.323 e. The number of aliphatic carboxylic acids is 1. The van der Waals surface area contributed by atoms with E-state index < -0.39 is 5.97 Å². The summed E-state index contributed by atoms with van der Waals surface area (Å²) in [5, 5.41) is 9.19.